The van der Waals surface area contributed by atoms with Gasteiger partial charge in [-0.25, -0.2) is 4.98 Å². The first-order valence-corrected chi connectivity index (χ1v) is 9.20. The lowest BCUT2D eigenvalue weighted by Gasteiger charge is -2.32. The number of aromatic nitrogens is 3. The Morgan fingerprint density at radius 3 is 2.72 bits per heavy atom. The fourth-order valence-corrected chi connectivity index (χ4v) is 4.26. The van der Waals surface area contributed by atoms with Gasteiger partial charge in [0, 0.05) is 44.1 Å². The lowest BCUT2D eigenvalue weighted by Crippen LogP contribution is -2.50. The third-order valence-corrected chi connectivity index (χ3v) is 5.49. The molecule has 0 spiro atoms. The molecule has 5 heterocycles. The molecule has 3 aromatic heterocycles. The van der Waals surface area contributed by atoms with Crippen molar-refractivity contribution in [3.05, 3.63) is 53.4 Å². The third kappa shape index (κ3) is 2.82. The number of hydrogen-bond acceptors (Lipinski definition) is 4. The molecule has 25 heavy (non-hydrogen) atoms. The molecule has 0 saturated carbocycles. The zero-order valence-corrected chi connectivity index (χ0v) is 14.7. The number of piperazine rings is 1. The van der Waals surface area contributed by atoms with Crippen molar-refractivity contribution >= 4 is 17.2 Å². The monoisotopic (exact) mass is 353 g/mol. The van der Waals surface area contributed by atoms with Crippen LogP contribution in [-0.2, 0) is 6.54 Å². The number of likely N-dealkylation sites (tertiary alicyclic amines) is 1. The fraction of sp³-hybridized carbons (Fsp3) is 0.368. The molecule has 3 aromatic rings. The second kappa shape index (κ2) is 6.09. The zero-order chi connectivity index (χ0) is 16.8. The molecule has 1 N–H and O–H groups in total. The van der Waals surface area contributed by atoms with Crippen molar-refractivity contribution in [2.24, 2.45) is 0 Å². The van der Waals surface area contributed by atoms with Crippen LogP contribution in [0.15, 0.2) is 42.7 Å². The number of halogens is 1. The summed E-state index contributed by atoms with van der Waals surface area (Å²) in [4.78, 5) is 11.9. The fourth-order valence-electron chi connectivity index (χ4n) is 4.15. The Labute approximate surface area is 151 Å². The molecule has 0 amide bonds. The largest absolute Gasteiger partial charge is 0.309 e. The molecule has 2 unspecified atom stereocenters. The standard InChI is InChI=1S/C19H20ClN5/c20-13-4-7-16(21-9-13)19-17(25-8-2-1-3-18(25)23-19)12-24-10-14-5-6-15(11-24)22-14/h1-4,7-9,14-15,22H,5-6,10-12H2. The molecule has 128 valence electrons. The van der Waals surface area contributed by atoms with Crippen LogP contribution in [0, 0.1) is 0 Å². The summed E-state index contributed by atoms with van der Waals surface area (Å²) in [5.74, 6) is 0. The van der Waals surface area contributed by atoms with Gasteiger partial charge in [-0.1, -0.05) is 17.7 Å². The van der Waals surface area contributed by atoms with Crippen molar-refractivity contribution in [1.82, 2.24) is 24.6 Å². The van der Waals surface area contributed by atoms with Crippen molar-refractivity contribution in [3.63, 3.8) is 0 Å². The SMILES string of the molecule is Clc1ccc(-c2nc3ccccn3c2CN2CC3CCC(C2)N3)nc1. The number of nitrogens with one attached hydrogen (secondary N) is 1. The van der Waals surface area contributed by atoms with Crippen LogP contribution < -0.4 is 5.32 Å². The Morgan fingerprint density at radius 2 is 1.96 bits per heavy atom. The van der Waals surface area contributed by atoms with Crippen LogP contribution in [0.3, 0.4) is 0 Å². The maximum absolute atomic E-state index is 6.01. The number of nitrogens with zero attached hydrogens (tertiary/aromatic N) is 4. The minimum absolute atomic E-state index is 0.634. The van der Waals surface area contributed by atoms with Crippen LogP contribution >= 0.6 is 11.6 Å². The zero-order valence-electron chi connectivity index (χ0n) is 13.9. The van der Waals surface area contributed by atoms with Crippen molar-refractivity contribution in [1.29, 1.82) is 0 Å². The molecule has 2 aliphatic rings. The molecule has 2 saturated heterocycles. The van der Waals surface area contributed by atoms with E-state index in [0.29, 0.717) is 17.1 Å². The van der Waals surface area contributed by atoms with Gasteiger partial charge in [0.05, 0.1) is 16.4 Å². The van der Waals surface area contributed by atoms with E-state index in [9.17, 15) is 0 Å². The molecular weight excluding hydrogens is 334 g/mol. The van der Waals surface area contributed by atoms with Crippen LogP contribution in [0.4, 0.5) is 0 Å². The summed E-state index contributed by atoms with van der Waals surface area (Å²) in [6.45, 7) is 3.09. The Hall–Kier alpha value is -1.95. The molecule has 0 aliphatic carbocycles. The van der Waals surface area contributed by atoms with E-state index in [2.05, 4.69) is 31.9 Å². The van der Waals surface area contributed by atoms with Gasteiger partial charge >= 0.3 is 0 Å². The Balaban J connectivity index is 1.55. The van der Waals surface area contributed by atoms with E-state index in [-0.39, 0.29) is 0 Å². The van der Waals surface area contributed by atoms with Crippen molar-refractivity contribution in [3.8, 4) is 11.4 Å². The first-order valence-electron chi connectivity index (χ1n) is 8.82. The molecule has 2 fully saturated rings. The first kappa shape index (κ1) is 15.3. The lowest BCUT2D eigenvalue weighted by atomic mass is 10.2. The predicted molar refractivity (Wildman–Crippen MR) is 98.7 cm³/mol. The normalized spacial score (nSPS) is 23.4. The first-order chi connectivity index (χ1) is 12.3. The van der Waals surface area contributed by atoms with Crippen LogP contribution in [0.2, 0.25) is 5.02 Å². The maximum Gasteiger partial charge on any atom is 0.137 e. The third-order valence-electron chi connectivity index (χ3n) is 5.26. The minimum Gasteiger partial charge on any atom is -0.309 e. The summed E-state index contributed by atoms with van der Waals surface area (Å²) >= 11 is 6.01. The molecule has 6 heteroatoms. The van der Waals surface area contributed by atoms with Gasteiger partial charge < -0.3 is 9.72 Å². The Morgan fingerprint density at radius 1 is 1.12 bits per heavy atom. The molecule has 0 radical (unpaired) electrons. The highest BCUT2D eigenvalue weighted by atomic mass is 35.5. The average Bonchev–Trinajstić information content (AvgIpc) is 3.16. The van der Waals surface area contributed by atoms with Crippen LogP contribution in [0.1, 0.15) is 18.5 Å². The van der Waals surface area contributed by atoms with Crippen molar-refractivity contribution in [2.45, 2.75) is 31.5 Å². The van der Waals surface area contributed by atoms with Gasteiger partial charge in [-0.2, -0.15) is 0 Å². The molecule has 2 bridgehead atoms. The Bertz CT molecular complexity index is 892. The van der Waals surface area contributed by atoms with Crippen LogP contribution in [0.25, 0.3) is 17.0 Å². The van der Waals surface area contributed by atoms with Crippen molar-refractivity contribution < 1.29 is 0 Å². The van der Waals surface area contributed by atoms with Gasteiger partial charge in [0.2, 0.25) is 0 Å². The number of rotatable bonds is 3. The van der Waals surface area contributed by atoms with E-state index in [1.54, 1.807) is 6.20 Å². The van der Waals surface area contributed by atoms with Crippen LogP contribution in [-0.4, -0.2) is 44.4 Å². The van der Waals surface area contributed by atoms with E-state index in [1.807, 2.05) is 24.3 Å². The summed E-state index contributed by atoms with van der Waals surface area (Å²) < 4.78 is 2.19. The maximum atomic E-state index is 6.01. The summed E-state index contributed by atoms with van der Waals surface area (Å²) in [5, 5.41) is 4.34. The molecule has 5 rings (SSSR count). The van der Waals surface area contributed by atoms with E-state index in [1.165, 1.54) is 18.5 Å². The minimum atomic E-state index is 0.634. The number of fused-ring (bicyclic) bond motifs is 3. The van der Waals surface area contributed by atoms with E-state index in [4.69, 9.17) is 16.6 Å². The summed E-state index contributed by atoms with van der Waals surface area (Å²) in [5.41, 5.74) is 3.99. The summed E-state index contributed by atoms with van der Waals surface area (Å²) in [7, 11) is 0. The molecule has 2 atom stereocenters. The quantitative estimate of drug-likeness (QED) is 0.786. The van der Waals surface area contributed by atoms with Crippen LogP contribution in [0.5, 0.6) is 0 Å². The highest BCUT2D eigenvalue weighted by molar-refractivity contribution is 6.30. The summed E-state index contributed by atoms with van der Waals surface area (Å²) in [6.07, 6.45) is 6.36. The Kier molecular flexibility index (Phi) is 3.73. The molecule has 0 aromatic carbocycles. The van der Waals surface area contributed by atoms with Gasteiger partial charge in [0.25, 0.3) is 0 Å². The smallest absolute Gasteiger partial charge is 0.137 e. The van der Waals surface area contributed by atoms with Gasteiger partial charge in [-0.15, -0.1) is 0 Å². The molecular formula is C19H20ClN5. The molecule has 2 aliphatic heterocycles. The highest BCUT2D eigenvalue weighted by Crippen LogP contribution is 2.27. The van der Waals surface area contributed by atoms with E-state index < -0.39 is 0 Å². The lowest BCUT2D eigenvalue weighted by molar-refractivity contribution is 0.187. The number of imidazole rings is 1. The van der Waals surface area contributed by atoms with Gasteiger partial charge in [-0.05, 0) is 37.1 Å². The second-order valence-electron chi connectivity index (χ2n) is 7.03. The van der Waals surface area contributed by atoms with Crippen molar-refractivity contribution in [2.75, 3.05) is 13.1 Å². The van der Waals surface area contributed by atoms with Gasteiger partial charge in [0.15, 0.2) is 0 Å². The van der Waals surface area contributed by atoms with Gasteiger partial charge in [-0.3, -0.25) is 9.88 Å². The average molecular weight is 354 g/mol. The van der Waals surface area contributed by atoms with E-state index >= 15 is 0 Å². The topological polar surface area (TPSA) is 45.5 Å². The number of hydrogen-bond donors (Lipinski definition) is 1. The van der Waals surface area contributed by atoms with E-state index in [0.717, 1.165) is 36.7 Å². The molecule has 5 nitrogen and oxygen atoms in total. The highest BCUT2D eigenvalue weighted by Gasteiger charge is 2.32. The predicted octanol–water partition coefficient (Wildman–Crippen LogP) is 2.99. The summed E-state index contributed by atoms with van der Waals surface area (Å²) in [6, 6.07) is 11.2. The second-order valence-corrected chi connectivity index (χ2v) is 7.47. The van der Waals surface area contributed by atoms with Gasteiger partial charge in [0.1, 0.15) is 11.3 Å². The number of pyridine rings is 2.